The zero-order valence-corrected chi connectivity index (χ0v) is 19.1. The van der Waals surface area contributed by atoms with Gasteiger partial charge in [-0.25, -0.2) is 12.7 Å². The Labute approximate surface area is 182 Å². The van der Waals surface area contributed by atoms with Gasteiger partial charge in [-0.15, -0.1) is 0 Å². The third-order valence-corrected chi connectivity index (χ3v) is 6.86. The first-order valence-corrected chi connectivity index (χ1v) is 11.2. The minimum atomic E-state index is -3.66. The quantitative estimate of drug-likeness (QED) is 0.675. The number of amides is 2. The monoisotopic (exact) mass is 451 g/mol. The van der Waals surface area contributed by atoms with Crippen LogP contribution in [0.15, 0.2) is 47.4 Å². The normalized spacial score (nSPS) is 12.7. The van der Waals surface area contributed by atoms with Crippen molar-refractivity contribution in [3.63, 3.8) is 0 Å². The number of anilines is 1. The van der Waals surface area contributed by atoms with Gasteiger partial charge in [0, 0.05) is 19.8 Å². The summed E-state index contributed by atoms with van der Waals surface area (Å²) in [6.07, 6.45) is 0. The first-order chi connectivity index (χ1) is 13.9. The molecule has 162 valence electrons. The van der Waals surface area contributed by atoms with E-state index in [4.69, 9.17) is 11.6 Å². The first-order valence-electron chi connectivity index (χ1n) is 9.34. The molecule has 0 spiro atoms. The number of halogens is 1. The molecule has 30 heavy (non-hydrogen) atoms. The molecule has 1 atom stereocenters. The van der Waals surface area contributed by atoms with Crippen molar-refractivity contribution < 1.29 is 18.0 Å². The standard InChI is InChI=1S/C21H26ClN3O4S/c1-13(2)19(24-20(26)16-8-6-7-9-17(16)22)21(27)23-15-11-10-14(3)18(12-15)30(28,29)25(4)5/h6-13,19H,1-5H3,(H,23,27)(H,24,26). The second kappa shape index (κ2) is 9.59. The SMILES string of the molecule is Cc1ccc(NC(=O)C(NC(=O)c2ccccc2Cl)C(C)C)cc1S(=O)(=O)N(C)C. The molecule has 9 heteroatoms. The van der Waals surface area contributed by atoms with Crippen LogP contribution in [0.4, 0.5) is 5.69 Å². The summed E-state index contributed by atoms with van der Waals surface area (Å²) in [5.74, 6) is -1.14. The average Bonchev–Trinajstić information content (AvgIpc) is 2.67. The van der Waals surface area contributed by atoms with Gasteiger partial charge in [-0.05, 0) is 42.7 Å². The number of carbonyl (C=O) groups is 2. The number of carbonyl (C=O) groups excluding carboxylic acids is 2. The molecule has 2 rings (SSSR count). The van der Waals surface area contributed by atoms with E-state index in [0.717, 1.165) is 4.31 Å². The van der Waals surface area contributed by atoms with E-state index in [0.29, 0.717) is 11.3 Å². The lowest BCUT2D eigenvalue weighted by Gasteiger charge is -2.22. The van der Waals surface area contributed by atoms with Gasteiger partial charge in [-0.1, -0.05) is 43.6 Å². The van der Waals surface area contributed by atoms with Gasteiger partial charge in [-0.2, -0.15) is 0 Å². The van der Waals surface area contributed by atoms with Gasteiger partial charge in [0.2, 0.25) is 15.9 Å². The highest BCUT2D eigenvalue weighted by Crippen LogP contribution is 2.23. The number of nitrogens with one attached hydrogen (secondary N) is 2. The Morgan fingerprint density at radius 2 is 1.70 bits per heavy atom. The zero-order valence-electron chi connectivity index (χ0n) is 17.6. The van der Waals surface area contributed by atoms with E-state index in [2.05, 4.69) is 10.6 Å². The summed E-state index contributed by atoms with van der Waals surface area (Å²) in [6.45, 7) is 5.28. The van der Waals surface area contributed by atoms with Gasteiger partial charge < -0.3 is 10.6 Å². The van der Waals surface area contributed by atoms with E-state index in [1.54, 1.807) is 57.2 Å². The smallest absolute Gasteiger partial charge is 0.253 e. The summed E-state index contributed by atoms with van der Waals surface area (Å²) in [5, 5.41) is 5.70. The fraction of sp³-hybridized carbons (Fsp3) is 0.333. The van der Waals surface area contributed by atoms with Crippen molar-refractivity contribution in [3.05, 3.63) is 58.6 Å². The molecule has 2 aromatic rings. The van der Waals surface area contributed by atoms with Crippen LogP contribution in [0.25, 0.3) is 0 Å². The van der Waals surface area contributed by atoms with Crippen molar-refractivity contribution >= 4 is 39.1 Å². The number of benzene rings is 2. The highest BCUT2D eigenvalue weighted by molar-refractivity contribution is 7.89. The van der Waals surface area contributed by atoms with Gasteiger partial charge in [0.15, 0.2) is 0 Å². The molecule has 7 nitrogen and oxygen atoms in total. The van der Waals surface area contributed by atoms with Crippen molar-refractivity contribution in [1.82, 2.24) is 9.62 Å². The van der Waals surface area contributed by atoms with Gasteiger partial charge in [-0.3, -0.25) is 9.59 Å². The fourth-order valence-electron chi connectivity index (χ4n) is 2.77. The van der Waals surface area contributed by atoms with Crippen molar-refractivity contribution in [2.75, 3.05) is 19.4 Å². The van der Waals surface area contributed by atoms with E-state index in [9.17, 15) is 18.0 Å². The minimum Gasteiger partial charge on any atom is -0.340 e. The van der Waals surface area contributed by atoms with E-state index in [1.165, 1.54) is 20.2 Å². The topological polar surface area (TPSA) is 95.6 Å². The Bertz CT molecular complexity index is 1050. The molecule has 0 aliphatic rings. The molecule has 0 aliphatic carbocycles. The third kappa shape index (κ3) is 5.38. The predicted molar refractivity (Wildman–Crippen MR) is 118 cm³/mol. The maximum Gasteiger partial charge on any atom is 0.253 e. The molecule has 0 fully saturated rings. The lowest BCUT2D eigenvalue weighted by Crippen LogP contribution is -2.47. The van der Waals surface area contributed by atoms with E-state index in [1.807, 2.05) is 0 Å². The van der Waals surface area contributed by atoms with Crippen LogP contribution in [-0.4, -0.2) is 44.7 Å². The molecular weight excluding hydrogens is 426 g/mol. The van der Waals surface area contributed by atoms with Crippen LogP contribution in [0.5, 0.6) is 0 Å². The number of hydrogen-bond acceptors (Lipinski definition) is 4. The van der Waals surface area contributed by atoms with Crippen LogP contribution in [0.1, 0.15) is 29.8 Å². The molecule has 2 aromatic carbocycles. The average molecular weight is 452 g/mol. The van der Waals surface area contributed by atoms with Crippen LogP contribution < -0.4 is 10.6 Å². The Kier molecular flexibility index (Phi) is 7.63. The maximum atomic E-state index is 12.9. The summed E-state index contributed by atoms with van der Waals surface area (Å²) in [4.78, 5) is 25.6. The van der Waals surface area contributed by atoms with Crippen LogP contribution in [0.2, 0.25) is 5.02 Å². The Morgan fingerprint density at radius 1 is 1.07 bits per heavy atom. The van der Waals surface area contributed by atoms with Crippen LogP contribution in [-0.2, 0) is 14.8 Å². The van der Waals surface area contributed by atoms with E-state index >= 15 is 0 Å². The number of sulfonamides is 1. The molecule has 0 aromatic heterocycles. The first kappa shape index (κ1) is 23.9. The second-order valence-corrected chi connectivity index (χ2v) is 9.96. The lowest BCUT2D eigenvalue weighted by molar-refractivity contribution is -0.118. The lowest BCUT2D eigenvalue weighted by atomic mass is 10.0. The van der Waals surface area contributed by atoms with Crippen molar-refractivity contribution in [2.45, 2.75) is 31.7 Å². The van der Waals surface area contributed by atoms with E-state index in [-0.39, 0.29) is 21.4 Å². The number of aryl methyl sites for hydroxylation is 1. The predicted octanol–water partition coefficient (Wildman–Crippen LogP) is 3.29. The molecule has 2 amide bonds. The molecule has 0 radical (unpaired) electrons. The van der Waals surface area contributed by atoms with Crippen molar-refractivity contribution in [3.8, 4) is 0 Å². The summed E-state index contributed by atoms with van der Waals surface area (Å²) in [7, 11) is -0.778. The highest BCUT2D eigenvalue weighted by atomic mass is 35.5. The van der Waals surface area contributed by atoms with Gasteiger partial charge in [0.05, 0.1) is 15.5 Å². The zero-order chi connectivity index (χ0) is 22.6. The summed E-state index contributed by atoms with van der Waals surface area (Å²) in [5.41, 5.74) is 1.16. The second-order valence-electron chi connectivity index (χ2n) is 7.43. The van der Waals surface area contributed by atoms with Gasteiger partial charge in [0.25, 0.3) is 5.91 Å². The van der Waals surface area contributed by atoms with Gasteiger partial charge in [0.1, 0.15) is 6.04 Å². The van der Waals surface area contributed by atoms with Crippen LogP contribution in [0, 0.1) is 12.8 Å². The van der Waals surface area contributed by atoms with Gasteiger partial charge >= 0.3 is 0 Å². The van der Waals surface area contributed by atoms with Crippen LogP contribution in [0.3, 0.4) is 0 Å². The number of rotatable bonds is 7. The van der Waals surface area contributed by atoms with Crippen molar-refractivity contribution in [2.24, 2.45) is 5.92 Å². The summed E-state index contributed by atoms with van der Waals surface area (Å²) in [6, 6.07) is 10.4. The molecule has 1 unspecified atom stereocenters. The van der Waals surface area contributed by atoms with E-state index < -0.39 is 27.9 Å². The Balaban J connectivity index is 2.26. The molecule has 0 aliphatic heterocycles. The van der Waals surface area contributed by atoms with Crippen molar-refractivity contribution in [1.29, 1.82) is 0 Å². The largest absolute Gasteiger partial charge is 0.340 e. The Hall–Kier alpha value is -2.42. The molecule has 0 heterocycles. The molecular formula is C21H26ClN3O4S. The minimum absolute atomic E-state index is 0.103. The number of hydrogen-bond donors (Lipinski definition) is 2. The molecule has 0 saturated carbocycles. The third-order valence-electron chi connectivity index (χ3n) is 4.57. The fourth-order valence-corrected chi connectivity index (χ4v) is 4.14. The molecule has 0 bridgehead atoms. The highest BCUT2D eigenvalue weighted by Gasteiger charge is 2.26. The maximum absolute atomic E-state index is 12.9. The molecule has 2 N–H and O–H groups in total. The summed E-state index contributed by atoms with van der Waals surface area (Å²) < 4.78 is 26.1. The van der Waals surface area contributed by atoms with Crippen LogP contribution >= 0.6 is 11.6 Å². The molecule has 0 saturated heterocycles. The summed E-state index contributed by atoms with van der Waals surface area (Å²) >= 11 is 6.07. The Morgan fingerprint density at radius 3 is 2.27 bits per heavy atom. The number of nitrogens with zero attached hydrogens (tertiary/aromatic N) is 1.